The van der Waals surface area contributed by atoms with Crippen LogP contribution in [-0.4, -0.2) is 37.6 Å². The van der Waals surface area contributed by atoms with Crippen LogP contribution < -0.4 is 4.90 Å². The first-order valence-electron chi connectivity index (χ1n) is 5.32. The summed E-state index contributed by atoms with van der Waals surface area (Å²) in [6, 6.07) is 0.264. The Labute approximate surface area is 100 Å². The van der Waals surface area contributed by atoms with Crippen LogP contribution in [0.15, 0.2) is 0 Å². The molecule has 0 radical (unpaired) electrons. The molecule has 0 N–H and O–H groups in total. The molecule has 1 rings (SSSR count). The molecule has 0 bridgehead atoms. The number of likely N-dealkylation sites (N-methyl/N-ethyl adjacent to an activating group) is 1. The van der Waals surface area contributed by atoms with Gasteiger partial charge in [0.25, 0.3) is 0 Å². The smallest absolute Gasteiger partial charge is 0.186 e. The van der Waals surface area contributed by atoms with E-state index in [-0.39, 0.29) is 6.04 Å². The number of aryl methyl sites for hydroxylation is 1. The maximum atomic E-state index is 10.8. The molecule has 1 unspecified atom stereocenters. The van der Waals surface area contributed by atoms with Gasteiger partial charge >= 0.3 is 0 Å². The minimum atomic E-state index is 0.264. The number of nitrogens with zero attached hydrogens (tertiary/aromatic N) is 2. The Balaban J connectivity index is 2.90. The summed E-state index contributed by atoms with van der Waals surface area (Å²) >= 11 is 1.44. The van der Waals surface area contributed by atoms with Gasteiger partial charge in [-0.1, -0.05) is 11.3 Å². The molecule has 4 nitrogen and oxygen atoms in total. The lowest BCUT2D eigenvalue weighted by molar-refractivity contribution is 0.112. The predicted octanol–water partition coefficient (Wildman–Crippen LogP) is 2.13. The van der Waals surface area contributed by atoms with Crippen molar-refractivity contribution in [2.45, 2.75) is 26.8 Å². The van der Waals surface area contributed by atoms with E-state index in [1.165, 1.54) is 11.3 Å². The first-order valence-corrected chi connectivity index (χ1v) is 6.13. The number of carbonyl (C=O) groups is 1. The van der Waals surface area contributed by atoms with E-state index >= 15 is 0 Å². The number of anilines is 1. The molecule has 0 amide bonds. The van der Waals surface area contributed by atoms with Crippen molar-refractivity contribution in [1.82, 2.24) is 4.98 Å². The largest absolute Gasteiger partial charge is 0.383 e. The zero-order valence-corrected chi connectivity index (χ0v) is 11.0. The van der Waals surface area contributed by atoms with Crippen LogP contribution >= 0.6 is 11.3 Å². The lowest BCUT2D eigenvalue weighted by atomic mass is 10.3. The number of ether oxygens (including phenoxy) is 1. The molecule has 0 aromatic carbocycles. The second-order valence-electron chi connectivity index (χ2n) is 3.65. The molecule has 0 aliphatic rings. The van der Waals surface area contributed by atoms with Gasteiger partial charge in [-0.2, -0.15) is 0 Å². The van der Waals surface area contributed by atoms with Gasteiger partial charge in [0.05, 0.1) is 23.2 Å². The van der Waals surface area contributed by atoms with E-state index < -0.39 is 0 Å². The second kappa shape index (κ2) is 5.96. The minimum Gasteiger partial charge on any atom is -0.383 e. The van der Waals surface area contributed by atoms with Crippen LogP contribution in [0.3, 0.4) is 0 Å². The van der Waals surface area contributed by atoms with Crippen molar-refractivity contribution in [2.75, 3.05) is 25.2 Å². The van der Waals surface area contributed by atoms with Gasteiger partial charge in [-0.3, -0.25) is 4.79 Å². The van der Waals surface area contributed by atoms with E-state index in [1.807, 2.05) is 6.92 Å². The molecular weight excluding hydrogens is 224 g/mol. The molecule has 0 aliphatic carbocycles. The molecule has 0 saturated heterocycles. The van der Waals surface area contributed by atoms with Gasteiger partial charge in [-0.05, 0) is 20.8 Å². The van der Waals surface area contributed by atoms with Crippen LogP contribution in [-0.2, 0) is 4.74 Å². The van der Waals surface area contributed by atoms with Gasteiger partial charge in [-0.15, -0.1) is 0 Å². The second-order valence-corrected chi connectivity index (χ2v) is 4.66. The molecular formula is C11H18N2O2S. The highest BCUT2D eigenvalue weighted by Crippen LogP contribution is 2.26. The van der Waals surface area contributed by atoms with E-state index in [9.17, 15) is 4.79 Å². The number of methoxy groups -OCH3 is 1. The van der Waals surface area contributed by atoms with Crippen molar-refractivity contribution in [3.8, 4) is 0 Å². The number of carbonyl (C=O) groups excluding carboxylic acids is 1. The zero-order valence-electron chi connectivity index (χ0n) is 10.2. The summed E-state index contributed by atoms with van der Waals surface area (Å²) in [6.07, 6.45) is 0.866. The number of aromatic nitrogens is 1. The Morgan fingerprint density at radius 3 is 2.75 bits per heavy atom. The first-order chi connectivity index (χ1) is 7.63. The third-order valence-electron chi connectivity index (χ3n) is 2.45. The molecule has 0 aliphatic heterocycles. The molecule has 5 heteroatoms. The average Bonchev–Trinajstić information content (AvgIpc) is 2.61. The highest BCUT2D eigenvalue weighted by atomic mass is 32.1. The highest BCUT2D eigenvalue weighted by molar-refractivity contribution is 7.17. The van der Waals surface area contributed by atoms with Crippen molar-refractivity contribution in [3.63, 3.8) is 0 Å². The van der Waals surface area contributed by atoms with Crippen molar-refractivity contribution in [1.29, 1.82) is 0 Å². The van der Waals surface area contributed by atoms with E-state index in [1.54, 1.807) is 7.11 Å². The highest BCUT2D eigenvalue weighted by Gasteiger charge is 2.17. The van der Waals surface area contributed by atoms with Crippen LogP contribution in [0.5, 0.6) is 0 Å². The summed E-state index contributed by atoms with van der Waals surface area (Å²) in [5.41, 5.74) is 0.804. The molecule has 0 saturated carbocycles. The quantitative estimate of drug-likeness (QED) is 0.717. The molecule has 1 atom stereocenters. The van der Waals surface area contributed by atoms with Gasteiger partial charge in [0.2, 0.25) is 0 Å². The van der Waals surface area contributed by atoms with Gasteiger partial charge in [-0.25, -0.2) is 4.98 Å². The molecule has 0 fully saturated rings. The molecule has 0 spiro atoms. The zero-order chi connectivity index (χ0) is 12.1. The Hall–Kier alpha value is -0.940. The fourth-order valence-corrected chi connectivity index (χ4v) is 2.64. The summed E-state index contributed by atoms with van der Waals surface area (Å²) in [5, 5.41) is 0.895. The number of hydrogen-bond donors (Lipinski definition) is 0. The van der Waals surface area contributed by atoms with Crippen LogP contribution in [0.25, 0.3) is 0 Å². The van der Waals surface area contributed by atoms with Crippen molar-refractivity contribution in [3.05, 3.63) is 10.6 Å². The number of aldehydes is 1. The van der Waals surface area contributed by atoms with Gasteiger partial charge in [0.15, 0.2) is 11.4 Å². The third kappa shape index (κ3) is 2.80. The Morgan fingerprint density at radius 1 is 1.62 bits per heavy atom. The Morgan fingerprint density at radius 2 is 2.31 bits per heavy atom. The maximum Gasteiger partial charge on any atom is 0.186 e. The maximum absolute atomic E-state index is 10.8. The summed E-state index contributed by atoms with van der Waals surface area (Å²) in [4.78, 5) is 18.0. The fourth-order valence-electron chi connectivity index (χ4n) is 1.59. The van der Waals surface area contributed by atoms with Gasteiger partial charge < -0.3 is 9.64 Å². The summed E-state index contributed by atoms with van der Waals surface area (Å²) < 4.78 is 5.14. The van der Waals surface area contributed by atoms with Crippen LogP contribution in [0.2, 0.25) is 0 Å². The molecule has 1 aromatic rings. The summed E-state index contributed by atoms with van der Waals surface area (Å²) in [6.45, 7) is 7.53. The van der Waals surface area contributed by atoms with Gasteiger partial charge in [0, 0.05) is 13.7 Å². The van der Waals surface area contributed by atoms with Crippen LogP contribution in [0.4, 0.5) is 5.13 Å². The molecule has 1 heterocycles. The van der Waals surface area contributed by atoms with Crippen molar-refractivity contribution < 1.29 is 9.53 Å². The van der Waals surface area contributed by atoms with E-state index in [4.69, 9.17) is 4.74 Å². The summed E-state index contributed by atoms with van der Waals surface area (Å²) in [7, 11) is 1.69. The topological polar surface area (TPSA) is 42.4 Å². The lowest BCUT2D eigenvalue weighted by Crippen LogP contribution is -2.36. The monoisotopic (exact) mass is 242 g/mol. The SMILES string of the molecule is CCN(c1nc(C)c(C=O)s1)C(C)COC. The van der Waals surface area contributed by atoms with E-state index in [0.717, 1.165) is 23.7 Å². The third-order valence-corrected chi connectivity index (χ3v) is 3.57. The summed E-state index contributed by atoms with van der Waals surface area (Å²) in [5.74, 6) is 0. The predicted molar refractivity (Wildman–Crippen MR) is 66.6 cm³/mol. The number of hydrogen-bond acceptors (Lipinski definition) is 5. The fraction of sp³-hybridized carbons (Fsp3) is 0.636. The van der Waals surface area contributed by atoms with Crippen molar-refractivity contribution >= 4 is 22.8 Å². The Kier molecular flexibility index (Phi) is 4.89. The molecule has 16 heavy (non-hydrogen) atoms. The van der Waals surface area contributed by atoms with E-state index in [2.05, 4.69) is 23.7 Å². The van der Waals surface area contributed by atoms with Crippen LogP contribution in [0.1, 0.15) is 29.2 Å². The number of rotatable bonds is 6. The normalized spacial score (nSPS) is 12.5. The standard InChI is InChI=1S/C11H18N2O2S/c1-5-13(8(2)7-15-4)11-12-9(3)10(6-14)16-11/h6,8H,5,7H2,1-4H3. The van der Waals surface area contributed by atoms with E-state index in [0.29, 0.717) is 11.5 Å². The van der Waals surface area contributed by atoms with Crippen LogP contribution in [0, 0.1) is 6.92 Å². The first kappa shape index (κ1) is 13.1. The average molecular weight is 242 g/mol. The number of thiazole rings is 1. The Bertz CT molecular complexity index is 352. The molecule has 90 valence electrons. The minimum absolute atomic E-state index is 0.264. The lowest BCUT2D eigenvalue weighted by Gasteiger charge is -2.26. The van der Waals surface area contributed by atoms with Crippen molar-refractivity contribution in [2.24, 2.45) is 0 Å². The molecule has 1 aromatic heterocycles. The van der Waals surface area contributed by atoms with Gasteiger partial charge in [0.1, 0.15) is 0 Å².